The maximum Gasteiger partial charge on any atom is 0.573 e. The minimum Gasteiger partial charge on any atom is -0.493 e. The van der Waals surface area contributed by atoms with Crippen LogP contribution in [-0.2, 0) is 0 Å². The van der Waals surface area contributed by atoms with Gasteiger partial charge in [0.25, 0.3) is 0 Å². The Kier molecular flexibility index (Phi) is 9.94. The minimum absolute atomic E-state index is 0.346. The molecule has 3 aromatic carbocycles. The van der Waals surface area contributed by atoms with E-state index in [-0.39, 0.29) is 5.75 Å². The normalized spacial score (nSPS) is 11.6. The van der Waals surface area contributed by atoms with Crippen molar-refractivity contribution >= 4 is 24.3 Å². The molecule has 0 spiro atoms. The van der Waals surface area contributed by atoms with Crippen molar-refractivity contribution in [3.8, 4) is 45.9 Å². The van der Waals surface area contributed by atoms with Gasteiger partial charge < -0.3 is 33.2 Å². The van der Waals surface area contributed by atoms with E-state index in [9.17, 15) is 13.2 Å². The van der Waals surface area contributed by atoms with Crippen molar-refractivity contribution in [3.63, 3.8) is 0 Å². The third-order valence-corrected chi connectivity index (χ3v) is 6.41. The second-order valence-corrected chi connectivity index (χ2v) is 8.96. The maximum absolute atomic E-state index is 12.7. The molecule has 0 radical (unpaired) electrons. The van der Waals surface area contributed by atoms with Gasteiger partial charge in [-0.25, -0.2) is 4.68 Å². The second kappa shape index (κ2) is 13.8. The Hall–Kier alpha value is -5.26. The third-order valence-electron chi connectivity index (χ3n) is 6.41. The molecule has 0 aliphatic heterocycles. The molecular formula is C32H31F3N2O7. The lowest BCUT2D eigenvalue weighted by Gasteiger charge is -2.14. The molecule has 9 nitrogen and oxygen atoms in total. The molecule has 232 valence electrons. The summed E-state index contributed by atoms with van der Waals surface area (Å²) in [6.07, 6.45) is 2.38. The van der Waals surface area contributed by atoms with Crippen molar-refractivity contribution in [2.75, 3.05) is 42.7 Å². The first-order chi connectivity index (χ1) is 21.2. The summed E-state index contributed by atoms with van der Waals surface area (Å²) in [4.78, 5) is 0. The average molecular weight is 613 g/mol. The van der Waals surface area contributed by atoms with Gasteiger partial charge in [-0.3, -0.25) is 0 Å². The average Bonchev–Trinajstić information content (AvgIpc) is 3.43. The van der Waals surface area contributed by atoms with E-state index in [0.717, 1.165) is 0 Å². The Bertz CT molecular complexity index is 1650. The van der Waals surface area contributed by atoms with Gasteiger partial charge >= 0.3 is 6.36 Å². The number of halogens is 3. The van der Waals surface area contributed by atoms with Gasteiger partial charge in [0.05, 0.1) is 59.7 Å². The molecule has 0 fully saturated rings. The topological polar surface area (TPSA) is 82.4 Å². The summed E-state index contributed by atoms with van der Waals surface area (Å²) in [6.45, 7) is 0. The summed E-state index contributed by atoms with van der Waals surface area (Å²) in [5.41, 5.74) is 3.07. The largest absolute Gasteiger partial charge is 0.573 e. The predicted molar refractivity (Wildman–Crippen MR) is 160 cm³/mol. The fraction of sp³-hybridized carbons (Fsp3) is 0.219. The zero-order chi connectivity index (χ0) is 31.9. The molecule has 0 saturated carbocycles. The van der Waals surface area contributed by atoms with Gasteiger partial charge in [0.15, 0.2) is 23.0 Å². The molecule has 1 heterocycles. The van der Waals surface area contributed by atoms with Crippen LogP contribution in [0.25, 0.3) is 30.0 Å². The van der Waals surface area contributed by atoms with E-state index in [0.29, 0.717) is 62.7 Å². The molecule has 1 aromatic heterocycles. The van der Waals surface area contributed by atoms with Gasteiger partial charge in [0.1, 0.15) is 5.75 Å². The summed E-state index contributed by atoms with van der Waals surface area (Å²) < 4.78 is 76.6. The second-order valence-electron chi connectivity index (χ2n) is 8.96. The smallest absolute Gasteiger partial charge is 0.493 e. The number of alkyl halides is 3. The first-order valence-electron chi connectivity index (χ1n) is 13.1. The van der Waals surface area contributed by atoms with E-state index >= 15 is 0 Å². The molecule has 0 atom stereocenters. The van der Waals surface area contributed by atoms with Crippen LogP contribution >= 0.6 is 0 Å². The van der Waals surface area contributed by atoms with Crippen molar-refractivity contribution in [1.29, 1.82) is 0 Å². The summed E-state index contributed by atoms with van der Waals surface area (Å²) in [5.74, 6) is 2.48. The van der Waals surface area contributed by atoms with Crippen LogP contribution in [0.2, 0.25) is 0 Å². The Labute approximate surface area is 252 Å². The Morgan fingerprint density at radius 1 is 0.591 bits per heavy atom. The van der Waals surface area contributed by atoms with Crippen LogP contribution < -0.4 is 33.2 Å². The van der Waals surface area contributed by atoms with Gasteiger partial charge in [-0.1, -0.05) is 0 Å². The van der Waals surface area contributed by atoms with Crippen molar-refractivity contribution < 1.29 is 46.3 Å². The van der Waals surface area contributed by atoms with Crippen LogP contribution in [0.15, 0.2) is 54.6 Å². The molecular weight excluding hydrogens is 581 g/mol. The highest BCUT2D eigenvalue weighted by Gasteiger charge is 2.31. The highest BCUT2D eigenvalue weighted by Crippen LogP contribution is 2.41. The zero-order valence-electron chi connectivity index (χ0n) is 24.9. The van der Waals surface area contributed by atoms with Gasteiger partial charge in [0.2, 0.25) is 11.5 Å². The number of benzene rings is 3. The monoisotopic (exact) mass is 612 g/mol. The van der Waals surface area contributed by atoms with Crippen molar-refractivity contribution in [1.82, 2.24) is 9.78 Å². The Morgan fingerprint density at radius 3 is 1.55 bits per heavy atom. The molecule has 0 saturated heterocycles. The number of rotatable bonds is 12. The van der Waals surface area contributed by atoms with Gasteiger partial charge in [-0.2, -0.15) is 5.10 Å². The number of hydrogen-bond acceptors (Lipinski definition) is 8. The predicted octanol–water partition coefficient (Wildman–Crippen LogP) is 7.16. The standard InChI is InChI=1S/C32H31F3N2O7/c1-38-26-17-9-20(28(40-3)30(26)42-5)7-11-22-19-24(12-8-21-10-18-27(39-2)31(43-6)29(21)41-4)37(36-22)23-13-15-25(16-14-23)44-32(33,34)35/h7-19H,1-6H3/b11-7+,12-8+. The summed E-state index contributed by atoms with van der Waals surface area (Å²) >= 11 is 0. The maximum atomic E-state index is 12.7. The minimum atomic E-state index is -4.80. The van der Waals surface area contributed by atoms with E-state index in [2.05, 4.69) is 4.74 Å². The first kappa shape index (κ1) is 31.7. The van der Waals surface area contributed by atoms with Crippen molar-refractivity contribution in [2.24, 2.45) is 0 Å². The van der Waals surface area contributed by atoms with E-state index in [1.165, 1.54) is 66.9 Å². The molecule has 0 bridgehead atoms. The zero-order valence-corrected chi connectivity index (χ0v) is 24.9. The molecule has 12 heteroatoms. The van der Waals surface area contributed by atoms with E-state index in [1.807, 2.05) is 18.2 Å². The number of aromatic nitrogens is 2. The highest BCUT2D eigenvalue weighted by molar-refractivity contribution is 5.78. The first-order valence-corrected chi connectivity index (χ1v) is 13.1. The third kappa shape index (κ3) is 7.02. The van der Waals surface area contributed by atoms with Gasteiger partial charge in [-0.05, 0) is 78.9 Å². The van der Waals surface area contributed by atoms with Crippen molar-refractivity contribution in [2.45, 2.75) is 6.36 Å². The molecule has 44 heavy (non-hydrogen) atoms. The summed E-state index contributed by atoms with van der Waals surface area (Å²) in [5, 5.41) is 4.69. The molecule has 4 rings (SSSR count). The molecule has 0 aliphatic carbocycles. The molecule has 0 unspecified atom stereocenters. The molecule has 4 aromatic rings. The van der Waals surface area contributed by atoms with Crippen LogP contribution in [-0.4, -0.2) is 58.8 Å². The van der Waals surface area contributed by atoms with E-state index in [1.54, 1.807) is 41.1 Å². The fourth-order valence-electron chi connectivity index (χ4n) is 4.47. The van der Waals surface area contributed by atoms with Crippen LogP contribution in [0.4, 0.5) is 13.2 Å². The number of ether oxygens (including phenoxy) is 7. The lowest BCUT2D eigenvalue weighted by atomic mass is 10.1. The van der Waals surface area contributed by atoms with Gasteiger partial charge in [-0.15, -0.1) is 13.2 Å². The quantitative estimate of drug-likeness (QED) is 0.167. The number of methoxy groups -OCH3 is 6. The van der Waals surface area contributed by atoms with Crippen LogP contribution in [0, 0.1) is 0 Å². The number of hydrogen-bond donors (Lipinski definition) is 0. The molecule has 0 aliphatic rings. The Balaban J connectivity index is 1.78. The Morgan fingerprint density at radius 2 is 1.09 bits per heavy atom. The van der Waals surface area contributed by atoms with E-state index < -0.39 is 6.36 Å². The van der Waals surface area contributed by atoms with Crippen LogP contribution in [0.3, 0.4) is 0 Å². The summed E-state index contributed by atoms with van der Waals surface area (Å²) in [7, 11) is 9.15. The fourth-order valence-corrected chi connectivity index (χ4v) is 4.47. The summed E-state index contributed by atoms with van der Waals surface area (Å²) in [6, 6.07) is 14.4. The SMILES string of the molecule is COc1ccc(/C=C/c2cc(/C=C/c3ccc(OC)c(OC)c3OC)n(-c3ccc(OC(F)(F)F)cc3)n2)c(OC)c1OC. The van der Waals surface area contributed by atoms with Crippen LogP contribution in [0.1, 0.15) is 22.5 Å². The van der Waals surface area contributed by atoms with Crippen molar-refractivity contribution in [3.05, 3.63) is 77.1 Å². The lowest BCUT2D eigenvalue weighted by molar-refractivity contribution is -0.274. The number of nitrogens with zero attached hydrogens (tertiary/aromatic N) is 2. The molecule has 0 amide bonds. The van der Waals surface area contributed by atoms with Gasteiger partial charge in [0, 0.05) is 11.1 Å². The lowest BCUT2D eigenvalue weighted by Crippen LogP contribution is -2.17. The molecule has 0 N–H and O–H groups in total. The van der Waals surface area contributed by atoms with E-state index in [4.69, 9.17) is 33.5 Å². The van der Waals surface area contributed by atoms with Crippen LogP contribution in [0.5, 0.6) is 40.2 Å². The highest BCUT2D eigenvalue weighted by atomic mass is 19.4.